The van der Waals surface area contributed by atoms with Gasteiger partial charge in [-0.25, -0.2) is 0 Å². The Kier molecular flexibility index (Phi) is 5.20. The summed E-state index contributed by atoms with van der Waals surface area (Å²) in [5.41, 5.74) is 0.0969. The molecule has 0 radical (unpaired) electrons. The fourth-order valence-corrected chi connectivity index (χ4v) is 9.77. The van der Waals surface area contributed by atoms with Gasteiger partial charge in [-0.3, -0.25) is 0 Å². The Morgan fingerprint density at radius 3 is 2.43 bits per heavy atom. The zero-order valence-corrected chi connectivity index (χ0v) is 20.1. The van der Waals surface area contributed by atoms with Crippen LogP contribution in [0.5, 0.6) is 0 Å². The fourth-order valence-electron chi connectivity index (χ4n) is 9.77. The van der Waals surface area contributed by atoms with Crippen LogP contribution in [0.4, 0.5) is 0 Å². The van der Waals surface area contributed by atoms with Crippen molar-refractivity contribution >= 4 is 0 Å². The molecule has 5 rings (SSSR count). The molecule has 0 bridgehead atoms. The van der Waals surface area contributed by atoms with Gasteiger partial charge in [-0.2, -0.15) is 0 Å². The molecule has 3 nitrogen and oxygen atoms in total. The maximum Gasteiger partial charge on any atom is 0.129 e. The van der Waals surface area contributed by atoms with Crippen LogP contribution in [0, 0.1) is 46.3 Å². The summed E-state index contributed by atoms with van der Waals surface area (Å²) in [5, 5.41) is 21.3. The first-order valence-electron chi connectivity index (χ1n) is 13.2. The first kappa shape index (κ1) is 21.7. The van der Waals surface area contributed by atoms with Crippen LogP contribution in [0.25, 0.3) is 0 Å². The van der Waals surface area contributed by atoms with Gasteiger partial charge in [0.05, 0.1) is 12.2 Å². The molecule has 0 aromatic heterocycles. The molecule has 0 aromatic rings. The normalized spacial score (nSPS) is 55.4. The van der Waals surface area contributed by atoms with Gasteiger partial charge in [-0.05, 0) is 85.9 Å². The second kappa shape index (κ2) is 7.19. The Bertz CT molecular complexity index is 662. The molecule has 1 aliphatic heterocycles. The highest BCUT2D eigenvalue weighted by atomic mass is 16.6. The van der Waals surface area contributed by atoms with Crippen LogP contribution in [-0.4, -0.2) is 34.1 Å². The van der Waals surface area contributed by atoms with Crippen molar-refractivity contribution in [2.45, 2.75) is 123 Å². The third-order valence-electron chi connectivity index (χ3n) is 11.4. The summed E-state index contributed by atoms with van der Waals surface area (Å²) in [6.45, 7) is 12.3. The summed E-state index contributed by atoms with van der Waals surface area (Å²) in [4.78, 5) is 0. The molecular weight excluding hydrogens is 372 g/mol. The predicted octanol–water partition coefficient (Wildman–Crippen LogP) is 5.57. The highest BCUT2D eigenvalue weighted by molar-refractivity contribution is 5.27. The van der Waals surface area contributed by atoms with Gasteiger partial charge in [-0.1, -0.05) is 53.9 Å². The summed E-state index contributed by atoms with van der Waals surface area (Å²) < 4.78 is 6.37. The number of ether oxygens (including phenoxy) is 1. The number of aliphatic hydroxyl groups is 2. The maximum absolute atomic E-state index is 10.9. The van der Waals surface area contributed by atoms with E-state index < -0.39 is 17.8 Å². The van der Waals surface area contributed by atoms with Crippen molar-refractivity contribution in [3.63, 3.8) is 0 Å². The summed E-state index contributed by atoms with van der Waals surface area (Å²) in [5.74, 6) is 4.80. The first-order chi connectivity index (χ1) is 14.1. The average molecular weight is 419 g/mol. The van der Waals surface area contributed by atoms with Gasteiger partial charge in [0.15, 0.2) is 0 Å². The van der Waals surface area contributed by atoms with Crippen molar-refractivity contribution in [3.8, 4) is 0 Å². The molecule has 4 aliphatic carbocycles. The molecular formula is C27H46O3. The Balaban J connectivity index is 1.35. The van der Waals surface area contributed by atoms with E-state index in [1.54, 1.807) is 0 Å². The van der Waals surface area contributed by atoms with E-state index in [4.69, 9.17) is 4.74 Å². The molecule has 0 unspecified atom stereocenters. The first-order valence-corrected chi connectivity index (χ1v) is 13.2. The maximum atomic E-state index is 10.9. The topological polar surface area (TPSA) is 53.0 Å². The van der Waals surface area contributed by atoms with Crippen LogP contribution in [0.3, 0.4) is 0 Å². The standard InChI is InChI=1S/C27H46O3/c1-16(2)7-6-8-17(3)19-9-10-20-18-15-23-27(30-23)24(29)22(28)12-14-26(27,5)21(18)11-13-25(19,20)4/h16-24,28-29H,6-15H2,1-5H3/t17-,18+,19-,20+,21+,22+,23+,24+,25-,26-,27-/m1/s1. The zero-order chi connectivity index (χ0) is 21.5. The predicted molar refractivity (Wildman–Crippen MR) is 120 cm³/mol. The average Bonchev–Trinajstić information content (AvgIpc) is 3.31. The van der Waals surface area contributed by atoms with Gasteiger partial charge in [0.1, 0.15) is 11.7 Å². The number of rotatable bonds is 5. The molecule has 3 heteroatoms. The number of hydrogen-bond acceptors (Lipinski definition) is 3. The molecule has 2 N–H and O–H groups in total. The van der Waals surface area contributed by atoms with E-state index in [1.807, 2.05) is 0 Å². The van der Waals surface area contributed by atoms with Crippen molar-refractivity contribution in [1.82, 2.24) is 0 Å². The molecule has 0 aromatic carbocycles. The molecule has 4 saturated carbocycles. The van der Waals surface area contributed by atoms with Crippen LogP contribution in [0.2, 0.25) is 0 Å². The number of aliphatic hydroxyl groups excluding tert-OH is 2. The SMILES string of the molecule is CC(C)CCC[C@@H](C)[C@H]1CC[C@H]2[C@@H]3C[C@@H]4O[C@@]45[C@@H](O)[C@@H](O)CC[C@]5(C)[C@H]3CC[C@]12C. The lowest BCUT2D eigenvalue weighted by molar-refractivity contribution is -0.166. The van der Waals surface area contributed by atoms with Crippen LogP contribution < -0.4 is 0 Å². The van der Waals surface area contributed by atoms with Crippen LogP contribution in [-0.2, 0) is 4.74 Å². The van der Waals surface area contributed by atoms with Crippen molar-refractivity contribution in [2.75, 3.05) is 0 Å². The minimum absolute atomic E-state index is 0.0432. The molecule has 5 aliphatic rings. The van der Waals surface area contributed by atoms with E-state index in [2.05, 4.69) is 34.6 Å². The van der Waals surface area contributed by atoms with Crippen molar-refractivity contribution in [2.24, 2.45) is 46.3 Å². The van der Waals surface area contributed by atoms with E-state index in [9.17, 15) is 10.2 Å². The Morgan fingerprint density at radius 1 is 0.933 bits per heavy atom. The van der Waals surface area contributed by atoms with Crippen molar-refractivity contribution in [1.29, 1.82) is 0 Å². The van der Waals surface area contributed by atoms with E-state index in [0.717, 1.165) is 48.9 Å². The van der Waals surface area contributed by atoms with Gasteiger partial charge in [0, 0.05) is 5.41 Å². The van der Waals surface area contributed by atoms with E-state index in [1.165, 1.54) is 44.9 Å². The largest absolute Gasteiger partial charge is 0.390 e. The molecule has 5 fully saturated rings. The van der Waals surface area contributed by atoms with Crippen molar-refractivity contribution in [3.05, 3.63) is 0 Å². The van der Waals surface area contributed by atoms with Gasteiger partial charge < -0.3 is 14.9 Å². The molecule has 11 atom stereocenters. The molecule has 1 spiro atoms. The van der Waals surface area contributed by atoms with Gasteiger partial charge in [0.2, 0.25) is 0 Å². The lowest BCUT2D eigenvalue weighted by Crippen LogP contribution is -2.64. The monoisotopic (exact) mass is 418 g/mol. The zero-order valence-electron chi connectivity index (χ0n) is 20.1. The highest BCUT2D eigenvalue weighted by Gasteiger charge is 2.79. The molecule has 1 saturated heterocycles. The number of fused-ring (bicyclic) bond motifs is 4. The third kappa shape index (κ3) is 2.80. The molecule has 1 heterocycles. The Hall–Kier alpha value is -0.120. The number of epoxide rings is 1. The minimum Gasteiger partial charge on any atom is -0.390 e. The Labute approximate surface area is 184 Å². The lowest BCUT2D eigenvalue weighted by Gasteiger charge is -2.60. The highest BCUT2D eigenvalue weighted by Crippen LogP contribution is 2.74. The summed E-state index contributed by atoms with van der Waals surface area (Å²) in [6.07, 6.45) is 11.4. The Morgan fingerprint density at radius 2 is 1.70 bits per heavy atom. The second-order valence-corrected chi connectivity index (χ2v) is 13.0. The van der Waals surface area contributed by atoms with Crippen LogP contribution in [0.1, 0.15) is 98.8 Å². The summed E-state index contributed by atoms with van der Waals surface area (Å²) >= 11 is 0. The quantitative estimate of drug-likeness (QED) is 0.574. The van der Waals surface area contributed by atoms with Crippen LogP contribution >= 0.6 is 0 Å². The summed E-state index contributed by atoms with van der Waals surface area (Å²) in [6, 6.07) is 0. The smallest absolute Gasteiger partial charge is 0.129 e. The minimum atomic E-state index is -0.687. The lowest BCUT2D eigenvalue weighted by atomic mass is 9.44. The fraction of sp³-hybridized carbons (Fsp3) is 1.00. The van der Waals surface area contributed by atoms with E-state index in [0.29, 0.717) is 11.3 Å². The van der Waals surface area contributed by atoms with Gasteiger partial charge in [-0.15, -0.1) is 0 Å². The molecule has 0 amide bonds. The molecule has 172 valence electrons. The van der Waals surface area contributed by atoms with Gasteiger partial charge >= 0.3 is 0 Å². The van der Waals surface area contributed by atoms with Crippen molar-refractivity contribution < 1.29 is 14.9 Å². The van der Waals surface area contributed by atoms with Crippen LogP contribution in [0.15, 0.2) is 0 Å². The third-order valence-corrected chi connectivity index (χ3v) is 11.4. The second-order valence-electron chi connectivity index (χ2n) is 13.0. The van der Waals surface area contributed by atoms with Gasteiger partial charge in [0.25, 0.3) is 0 Å². The summed E-state index contributed by atoms with van der Waals surface area (Å²) in [7, 11) is 0. The van der Waals surface area contributed by atoms with E-state index in [-0.39, 0.29) is 11.5 Å². The molecule has 30 heavy (non-hydrogen) atoms. The van der Waals surface area contributed by atoms with E-state index >= 15 is 0 Å². The number of hydrogen-bond donors (Lipinski definition) is 2.